The first-order valence-corrected chi connectivity index (χ1v) is 10.3. The van der Waals surface area contributed by atoms with E-state index in [9.17, 15) is 13.2 Å². The highest BCUT2D eigenvalue weighted by atomic mass is 32.2. The van der Waals surface area contributed by atoms with E-state index in [1.54, 1.807) is 23.8 Å². The van der Waals surface area contributed by atoms with Gasteiger partial charge in [-0.2, -0.15) is 0 Å². The Labute approximate surface area is 164 Å². The van der Waals surface area contributed by atoms with Crippen LogP contribution in [0.1, 0.15) is 16.1 Å². The average Bonchev–Trinajstić information content (AvgIpc) is 3.25. The largest absolute Gasteiger partial charge is 0.493 e. The van der Waals surface area contributed by atoms with Gasteiger partial charge in [0.25, 0.3) is 15.9 Å². The second-order valence-corrected chi connectivity index (χ2v) is 8.43. The van der Waals surface area contributed by atoms with Crippen LogP contribution in [0.3, 0.4) is 0 Å². The topological polar surface area (TPSA) is 112 Å². The number of hydrogen-bond donors (Lipinski definition) is 0. The molecule has 9 nitrogen and oxygen atoms in total. The fraction of sp³-hybridized carbons (Fsp3) is 0.176. The third-order valence-electron chi connectivity index (χ3n) is 4.13. The lowest BCUT2D eigenvalue weighted by Crippen LogP contribution is -2.29. The molecule has 1 aromatic carbocycles. The van der Waals surface area contributed by atoms with Gasteiger partial charge in [0.05, 0.1) is 32.0 Å². The number of sulfonamides is 1. The first kappa shape index (κ1) is 18.3. The number of hydrogen-bond acceptors (Lipinski definition) is 9. The van der Waals surface area contributed by atoms with Gasteiger partial charge in [0.1, 0.15) is 4.90 Å². The molecule has 4 rings (SSSR count). The lowest BCUT2D eigenvalue weighted by atomic mass is 10.2. The SMILES string of the molecule is COc1cc2c(cc1OC)S(=O)(=O)N(Cc1csc(-c3ncccn3)n1)C2=O. The molecule has 0 unspecified atom stereocenters. The van der Waals surface area contributed by atoms with Crippen LogP contribution in [-0.4, -0.2) is 47.8 Å². The van der Waals surface area contributed by atoms with Crippen molar-refractivity contribution in [1.82, 2.24) is 19.3 Å². The number of aromatic nitrogens is 3. The van der Waals surface area contributed by atoms with Crippen molar-refractivity contribution in [1.29, 1.82) is 0 Å². The summed E-state index contributed by atoms with van der Waals surface area (Å²) in [5.41, 5.74) is 0.468. The van der Waals surface area contributed by atoms with Crippen molar-refractivity contribution < 1.29 is 22.7 Å². The highest BCUT2D eigenvalue weighted by molar-refractivity contribution is 7.90. The third-order valence-corrected chi connectivity index (χ3v) is 6.78. The van der Waals surface area contributed by atoms with E-state index in [1.807, 2.05) is 0 Å². The second kappa shape index (κ2) is 6.84. The summed E-state index contributed by atoms with van der Waals surface area (Å²) in [6.45, 7) is -0.191. The van der Waals surface area contributed by atoms with Crippen molar-refractivity contribution in [2.45, 2.75) is 11.4 Å². The Morgan fingerprint density at radius 1 is 1.11 bits per heavy atom. The summed E-state index contributed by atoms with van der Waals surface area (Å²) in [4.78, 5) is 25.2. The zero-order valence-electron chi connectivity index (χ0n) is 14.8. The Morgan fingerprint density at radius 2 is 1.79 bits per heavy atom. The molecule has 0 radical (unpaired) electrons. The maximum atomic E-state index is 12.9. The quantitative estimate of drug-likeness (QED) is 0.618. The van der Waals surface area contributed by atoms with Crippen molar-refractivity contribution in [3.05, 3.63) is 47.2 Å². The molecule has 144 valence electrons. The molecule has 1 aliphatic heterocycles. The minimum absolute atomic E-state index is 0.0412. The number of ether oxygens (including phenoxy) is 2. The normalized spacial score (nSPS) is 14.8. The molecular formula is C17H14N4O5S2. The summed E-state index contributed by atoms with van der Waals surface area (Å²) in [6.07, 6.45) is 3.19. The van der Waals surface area contributed by atoms with Gasteiger partial charge in [0.15, 0.2) is 22.3 Å². The Balaban J connectivity index is 1.68. The summed E-state index contributed by atoms with van der Waals surface area (Å²) in [5, 5.41) is 2.22. The van der Waals surface area contributed by atoms with Crippen molar-refractivity contribution in [3.63, 3.8) is 0 Å². The van der Waals surface area contributed by atoms with Crippen LogP contribution in [-0.2, 0) is 16.6 Å². The number of benzene rings is 1. The average molecular weight is 418 g/mol. The van der Waals surface area contributed by atoms with E-state index in [0.29, 0.717) is 16.5 Å². The van der Waals surface area contributed by atoms with Gasteiger partial charge >= 0.3 is 0 Å². The lowest BCUT2D eigenvalue weighted by Gasteiger charge is -2.13. The number of nitrogens with zero attached hydrogens (tertiary/aromatic N) is 4. The summed E-state index contributed by atoms with van der Waals surface area (Å²) >= 11 is 1.27. The summed E-state index contributed by atoms with van der Waals surface area (Å²) < 4.78 is 36.9. The summed E-state index contributed by atoms with van der Waals surface area (Å²) in [6, 6.07) is 4.36. The van der Waals surface area contributed by atoms with E-state index in [-0.39, 0.29) is 28.5 Å². The Kier molecular flexibility index (Phi) is 4.47. The fourth-order valence-corrected chi connectivity index (χ4v) is 5.09. The standard InChI is InChI=1S/C17H14N4O5S2/c1-25-12-6-11-14(7-13(12)26-2)28(23,24)21(17(11)22)8-10-9-27-16(20-10)15-18-4-3-5-19-15/h3-7,9H,8H2,1-2H3. The molecule has 0 saturated carbocycles. The van der Waals surface area contributed by atoms with Gasteiger partial charge in [-0.05, 0) is 12.1 Å². The molecular weight excluding hydrogens is 404 g/mol. The molecule has 28 heavy (non-hydrogen) atoms. The smallest absolute Gasteiger partial charge is 0.269 e. The van der Waals surface area contributed by atoms with E-state index in [2.05, 4.69) is 15.0 Å². The van der Waals surface area contributed by atoms with E-state index < -0.39 is 15.9 Å². The second-order valence-electron chi connectivity index (χ2n) is 5.74. The molecule has 1 aliphatic rings. The number of carbonyl (C=O) groups excluding carboxylic acids is 1. The molecule has 11 heteroatoms. The molecule has 0 atom stereocenters. The van der Waals surface area contributed by atoms with Crippen molar-refractivity contribution in [2.75, 3.05) is 14.2 Å². The first-order chi connectivity index (χ1) is 13.5. The van der Waals surface area contributed by atoms with Crippen molar-refractivity contribution in [3.8, 4) is 22.3 Å². The van der Waals surface area contributed by atoms with Gasteiger partial charge < -0.3 is 9.47 Å². The van der Waals surface area contributed by atoms with Crippen LogP contribution in [0.2, 0.25) is 0 Å². The van der Waals surface area contributed by atoms with Gasteiger partial charge in [-0.25, -0.2) is 27.7 Å². The van der Waals surface area contributed by atoms with E-state index in [0.717, 1.165) is 4.31 Å². The Hall–Kier alpha value is -3.05. The predicted octanol–water partition coefficient (Wildman–Crippen LogP) is 1.96. The lowest BCUT2D eigenvalue weighted by molar-refractivity contribution is 0.0863. The monoisotopic (exact) mass is 418 g/mol. The molecule has 0 saturated heterocycles. The number of fused-ring (bicyclic) bond motifs is 1. The molecule has 3 aromatic rings. The molecule has 0 N–H and O–H groups in total. The zero-order chi connectivity index (χ0) is 19.9. The molecule has 3 heterocycles. The fourth-order valence-electron chi connectivity index (χ4n) is 2.80. The molecule has 0 spiro atoms. The van der Waals surface area contributed by atoms with Crippen LogP contribution in [0.25, 0.3) is 10.8 Å². The zero-order valence-corrected chi connectivity index (χ0v) is 16.5. The van der Waals surface area contributed by atoms with Gasteiger partial charge in [-0.15, -0.1) is 11.3 Å². The highest BCUT2D eigenvalue weighted by Gasteiger charge is 2.42. The van der Waals surface area contributed by atoms with Gasteiger partial charge in [0, 0.05) is 23.8 Å². The highest BCUT2D eigenvalue weighted by Crippen LogP contribution is 2.39. The minimum atomic E-state index is -4.03. The molecule has 0 fully saturated rings. The van der Waals surface area contributed by atoms with Gasteiger partial charge in [-0.1, -0.05) is 0 Å². The maximum Gasteiger partial charge on any atom is 0.269 e. The number of carbonyl (C=O) groups is 1. The summed E-state index contributed by atoms with van der Waals surface area (Å²) in [5.74, 6) is 0.314. The minimum Gasteiger partial charge on any atom is -0.493 e. The molecule has 2 aromatic heterocycles. The van der Waals surface area contributed by atoms with Crippen LogP contribution in [0.5, 0.6) is 11.5 Å². The van der Waals surface area contributed by atoms with Gasteiger partial charge in [0.2, 0.25) is 0 Å². The number of rotatable bonds is 5. The number of amides is 1. The van der Waals surface area contributed by atoms with E-state index in [4.69, 9.17) is 9.47 Å². The van der Waals surface area contributed by atoms with E-state index >= 15 is 0 Å². The van der Waals surface area contributed by atoms with Gasteiger partial charge in [-0.3, -0.25) is 4.79 Å². The van der Waals surface area contributed by atoms with E-state index in [1.165, 1.54) is 37.7 Å². The molecule has 0 aliphatic carbocycles. The van der Waals surface area contributed by atoms with Crippen molar-refractivity contribution >= 4 is 27.3 Å². The number of thiazole rings is 1. The van der Waals surface area contributed by atoms with Crippen LogP contribution in [0.15, 0.2) is 40.9 Å². The molecule has 0 bridgehead atoms. The Morgan fingerprint density at radius 3 is 2.46 bits per heavy atom. The van der Waals surface area contributed by atoms with Crippen LogP contribution < -0.4 is 9.47 Å². The first-order valence-electron chi connectivity index (χ1n) is 8.00. The summed E-state index contributed by atoms with van der Waals surface area (Å²) in [7, 11) is -1.21. The predicted molar refractivity (Wildman–Crippen MR) is 99.7 cm³/mol. The van der Waals surface area contributed by atoms with Crippen LogP contribution in [0.4, 0.5) is 0 Å². The maximum absolute atomic E-state index is 12.9. The number of methoxy groups -OCH3 is 2. The Bertz CT molecular complexity index is 1160. The van der Waals surface area contributed by atoms with Crippen molar-refractivity contribution in [2.24, 2.45) is 0 Å². The molecule has 1 amide bonds. The van der Waals surface area contributed by atoms with Crippen LogP contribution in [0, 0.1) is 0 Å². The third kappa shape index (κ3) is 2.88. The van der Waals surface area contributed by atoms with Crippen LogP contribution >= 0.6 is 11.3 Å².